The number of amides is 1. The Morgan fingerprint density at radius 3 is 2.81 bits per heavy atom. The number of hydrogen-bond acceptors (Lipinski definition) is 4. The molecule has 0 aliphatic heterocycles. The zero-order valence-electron chi connectivity index (χ0n) is 10.9. The monoisotopic (exact) mass is 302 g/mol. The molecule has 106 valence electrons. The first-order chi connectivity index (χ1) is 10.2. The Morgan fingerprint density at radius 2 is 1.95 bits per heavy atom. The normalized spacial score (nSPS) is 10.5. The third-order valence-corrected chi connectivity index (χ3v) is 3.12. The number of anilines is 1. The second kappa shape index (κ2) is 5.80. The van der Waals surface area contributed by atoms with Crippen LogP contribution in [0.1, 0.15) is 0 Å². The van der Waals surface area contributed by atoms with Crippen LogP contribution in [0.4, 0.5) is 5.69 Å². The van der Waals surface area contributed by atoms with Gasteiger partial charge in [0.05, 0.1) is 10.7 Å². The Hall–Kier alpha value is -2.60. The van der Waals surface area contributed by atoms with Gasteiger partial charge in [0.15, 0.2) is 6.61 Å². The highest BCUT2D eigenvalue weighted by molar-refractivity contribution is 6.33. The smallest absolute Gasteiger partial charge is 0.265 e. The molecule has 0 unspecified atom stereocenters. The third kappa shape index (κ3) is 2.95. The number of rotatable bonds is 4. The van der Waals surface area contributed by atoms with Crippen molar-refractivity contribution in [1.29, 1.82) is 0 Å². The van der Waals surface area contributed by atoms with Gasteiger partial charge in [0.2, 0.25) is 0 Å². The van der Waals surface area contributed by atoms with Crippen LogP contribution in [-0.4, -0.2) is 27.7 Å². The van der Waals surface area contributed by atoms with Crippen LogP contribution in [0.2, 0.25) is 5.02 Å². The number of benzene rings is 2. The van der Waals surface area contributed by atoms with Crippen molar-refractivity contribution in [1.82, 2.24) is 15.2 Å². The fourth-order valence-corrected chi connectivity index (χ4v) is 1.99. The van der Waals surface area contributed by atoms with Crippen molar-refractivity contribution in [3.63, 3.8) is 0 Å². The molecule has 0 atom stereocenters. The van der Waals surface area contributed by atoms with E-state index in [4.69, 9.17) is 16.4 Å². The van der Waals surface area contributed by atoms with Gasteiger partial charge >= 0.3 is 0 Å². The minimum absolute atomic E-state index is 0.196. The van der Waals surface area contributed by atoms with Gasteiger partial charge in [-0.3, -0.25) is 4.79 Å². The van der Waals surface area contributed by atoms with Gasteiger partial charge in [-0.25, -0.2) is 0 Å². The van der Waals surface area contributed by atoms with E-state index >= 15 is 0 Å². The summed E-state index contributed by atoms with van der Waals surface area (Å²) in [5, 5.41) is 10.9. The van der Waals surface area contributed by atoms with E-state index in [1.165, 1.54) is 4.85 Å². The van der Waals surface area contributed by atoms with Crippen LogP contribution in [0.15, 0.2) is 48.5 Å². The first kappa shape index (κ1) is 13.4. The fraction of sp³-hybridized carbons (Fsp3) is 0.0714. The summed E-state index contributed by atoms with van der Waals surface area (Å²) < 4.78 is 0. The molecule has 7 heteroatoms. The molecule has 1 heterocycles. The van der Waals surface area contributed by atoms with Crippen molar-refractivity contribution < 1.29 is 9.63 Å². The summed E-state index contributed by atoms with van der Waals surface area (Å²) >= 11 is 5.96. The van der Waals surface area contributed by atoms with Crippen molar-refractivity contribution in [3.8, 4) is 0 Å². The van der Waals surface area contributed by atoms with E-state index in [0.29, 0.717) is 21.7 Å². The maximum absolute atomic E-state index is 11.8. The predicted molar refractivity (Wildman–Crippen MR) is 79.1 cm³/mol. The third-order valence-electron chi connectivity index (χ3n) is 2.79. The SMILES string of the molecule is O=C(COn1nnc2ccccc21)Nc1ccccc1Cl. The number of carbonyl (C=O) groups is 1. The molecule has 1 amide bonds. The van der Waals surface area contributed by atoms with Gasteiger partial charge in [-0.05, 0) is 29.5 Å². The Balaban J connectivity index is 1.65. The van der Waals surface area contributed by atoms with Crippen molar-refractivity contribution in [2.24, 2.45) is 0 Å². The zero-order valence-corrected chi connectivity index (χ0v) is 11.6. The minimum atomic E-state index is -0.331. The Labute approximate surface area is 125 Å². The lowest BCUT2D eigenvalue weighted by atomic mass is 10.3. The molecule has 3 aromatic rings. The van der Waals surface area contributed by atoms with E-state index < -0.39 is 0 Å². The van der Waals surface area contributed by atoms with E-state index in [9.17, 15) is 4.79 Å². The molecule has 3 rings (SSSR count). The molecule has 0 bridgehead atoms. The summed E-state index contributed by atoms with van der Waals surface area (Å²) in [6.45, 7) is -0.196. The maximum Gasteiger partial charge on any atom is 0.265 e. The highest BCUT2D eigenvalue weighted by atomic mass is 35.5. The molecule has 6 nitrogen and oxygen atoms in total. The first-order valence-electron chi connectivity index (χ1n) is 6.22. The van der Waals surface area contributed by atoms with Crippen molar-refractivity contribution in [2.45, 2.75) is 0 Å². The molecule has 2 aromatic carbocycles. The summed E-state index contributed by atoms with van der Waals surface area (Å²) in [5.41, 5.74) is 1.93. The number of nitrogens with zero attached hydrogens (tertiary/aromatic N) is 3. The maximum atomic E-state index is 11.8. The summed E-state index contributed by atoms with van der Waals surface area (Å²) in [7, 11) is 0. The second-order valence-electron chi connectivity index (χ2n) is 4.25. The molecule has 0 fully saturated rings. The molecule has 0 saturated heterocycles. The van der Waals surface area contributed by atoms with Gasteiger partial charge in [-0.1, -0.05) is 40.7 Å². The number of halogens is 1. The molecule has 0 spiro atoms. The lowest BCUT2D eigenvalue weighted by Crippen LogP contribution is -2.26. The zero-order chi connectivity index (χ0) is 14.7. The molecule has 0 aliphatic rings. The number of carbonyl (C=O) groups excluding carboxylic acids is 1. The molecule has 0 aliphatic carbocycles. The van der Waals surface area contributed by atoms with Crippen LogP contribution < -0.4 is 10.2 Å². The van der Waals surface area contributed by atoms with Crippen molar-refractivity contribution >= 4 is 34.2 Å². The lowest BCUT2D eigenvalue weighted by molar-refractivity contribution is -0.121. The minimum Gasteiger partial charge on any atom is -0.385 e. The number of hydrogen-bond donors (Lipinski definition) is 1. The molecular formula is C14H11ClN4O2. The molecule has 21 heavy (non-hydrogen) atoms. The van der Waals surface area contributed by atoms with Crippen LogP contribution in [0.5, 0.6) is 0 Å². The molecule has 1 aromatic heterocycles. The van der Waals surface area contributed by atoms with Gasteiger partial charge in [-0.2, -0.15) is 0 Å². The van der Waals surface area contributed by atoms with Gasteiger partial charge < -0.3 is 10.2 Å². The Kier molecular flexibility index (Phi) is 3.70. The second-order valence-corrected chi connectivity index (χ2v) is 4.66. The van der Waals surface area contributed by atoms with Crippen molar-refractivity contribution in [2.75, 3.05) is 11.9 Å². The van der Waals surface area contributed by atoms with Crippen LogP contribution in [0, 0.1) is 0 Å². The van der Waals surface area contributed by atoms with Gasteiger partial charge in [0.1, 0.15) is 11.0 Å². The number of aromatic nitrogens is 3. The number of para-hydroxylation sites is 2. The summed E-state index contributed by atoms with van der Waals surface area (Å²) in [6.07, 6.45) is 0. The van der Waals surface area contributed by atoms with Gasteiger partial charge in [0.25, 0.3) is 5.91 Å². The average Bonchev–Trinajstić information content (AvgIpc) is 2.91. The molecular weight excluding hydrogens is 292 g/mol. The van der Waals surface area contributed by atoms with E-state index in [0.717, 1.165) is 0 Å². The van der Waals surface area contributed by atoms with Crippen LogP contribution in [-0.2, 0) is 4.79 Å². The Morgan fingerprint density at radius 1 is 1.19 bits per heavy atom. The summed E-state index contributed by atoms with van der Waals surface area (Å²) in [4.78, 5) is 18.4. The Bertz CT molecular complexity index is 787. The highest BCUT2D eigenvalue weighted by Gasteiger charge is 2.09. The molecule has 0 saturated carbocycles. The van der Waals surface area contributed by atoms with Crippen LogP contribution in [0.25, 0.3) is 11.0 Å². The van der Waals surface area contributed by atoms with Crippen LogP contribution >= 0.6 is 11.6 Å². The topological polar surface area (TPSA) is 69.0 Å². The standard InChI is InChI=1S/C14H11ClN4O2/c15-10-5-1-2-6-11(10)16-14(20)9-21-19-13-8-4-3-7-12(13)17-18-19/h1-8H,9H2,(H,16,20). The lowest BCUT2D eigenvalue weighted by Gasteiger charge is -2.08. The number of nitrogens with one attached hydrogen (secondary N) is 1. The van der Waals surface area contributed by atoms with Crippen LogP contribution in [0.3, 0.4) is 0 Å². The quantitative estimate of drug-likeness (QED) is 0.802. The fourth-order valence-electron chi connectivity index (χ4n) is 1.81. The first-order valence-corrected chi connectivity index (χ1v) is 6.60. The largest absolute Gasteiger partial charge is 0.385 e. The van der Waals surface area contributed by atoms with Crippen molar-refractivity contribution in [3.05, 3.63) is 53.6 Å². The molecule has 1 N–H and O–H groups in total. The molecule has 0 radical (unpaired) electrons. The van der Waals surface area contributed by atoms with E-state index in [1.54, 1.807) is 30.3 Å². The van der Waals surface area contributed by atoms with Gasteiger partial charge in [-0.15, -0.1) is 5.10 Å². The predicted octanol–water partition coefficient (Wildman–Crippen LogP) is 2.15. The summed E-state index contributed by atoms with van der Waals surface area (Å²) in [5.74, 6) is -0.331. The average molecular weight is 303 g/mol. The van der Waals surface area contributed by atoms with E-state index in [1.807, 2.05) is 18.2 Å². The van der Waals surface area contributed by atoms with E-state index in [2.05, 4.69) is 15.6 Å². The number of fused-ring (bicyclic) bond motifs is 1. The van der Waals surface area contributed by atoms with E-state index in [-0.39, 0.29) is 12.5 Å². The van der Waals surface area contributed by atoms with Gasteiger partial charge in [0, 0.05) is 0 Å². The summed E-state index contributed by atoms with van der Waals surface area (Å²) in [6, 6.07) is 14.3. The highest BCUT2D eigenvalue weighted by Crippen LogP contribution is 2.20.